The molecule has 4 heterocycles. The number of hydrogen-bond donors (Lipinski definition) is 1. The fourth-order valence-electron chi connectivity index (χ4n) is 5.54. The topological polar surface area (TPSA) is 255 Å². The summed E-state index contributed by atoms with van der Waals surface area (Å²) in [6, 6.07) is 20.3. The molecule has 0 bridgehead atoms. The maximum atomic E-state index is 12.6. The highest BCUT2D eigenvalue weighted by Crippen LogP contribution is 2.63. The minimum atomic E-state index is -6.12. The number of phosphoric ester groups is 2. The highest BCUT2D eigenvalue weighted by molar-refractivity contribution is 7.65. The van der Waals surface area contributed by atoms with Gasteiger partial charge in [0.15, 0.2) is 24.0 Å². The van der Waals surface area contributed by atoms with Gasteiger partial charge in [-0.25, -0.2) is 23.6 Å². The van der Waals surface area contributed by atoms with Crippen LogP contribution in [0.4, 0.5) is 5.82 Å². The number of benzene rings is 3. The molecule has 2 N–H and O–H groups in total. The molecule has 0 radical (unpaired) electrons. The van der Waals surface area contributed by atoms with E-state index >= 15 is 0 Å². The Morgan fingerprint density at radius 2 is 1.51 bits per heavy atom. The SMILES string of the molecule is Nc1ncnc2c1ncn2[C@@H]1O[C@H](COP(=O)([O-])OP(=O)([O-])OP(=O)([O-])Oc2ccc3ccccc3c2)[C@@H]2OC(Cc3ccccc3)OC21. The Bertz CT molecular complexity index is 2140. The van der Waals surface area contributed by atoms with Crippen molar-refractivity contribution in [3.63, 3.8) is 0 Å². The molecular formula is C28H25N5O13P3-3. The summed E-state index contributed by atoms with van der Waals surface area (Å²) in [5.41, 5.74) is 7.40. The lowest BCUT2D eigenvalue weighted by Gasteiger charge is -2.34. The summed E-state index contributed by atoms with van der Waals surface area (Å²) in [6.07, 6.45) is -1.73. The normalized spacial score (nSPS) is 25.8. The first-order valence-electron chi connectivity index (χ1n) is 14.5. The minimum absolute atomic E-state index is 0.114. The molecule has 0 amide bonds. The number of ether oxygens (including phenoxy) is 3. The first-order valence-corrected chi connectivity index (χ1v) is 18.8. The van der Waals surface area contributed by atoms with Crippen LogP contribution in [-0.4, -0.2) is 50.7 Å². The molecule has 5 unspecified atom stereocenters. The monoisotopic (exact) mass is 732 g/mol. The minimum Gasteiger partial charge on any atom is -0.756 e. The van der Waals surface area contributed by atoms with E-state index < -0.39 is 60.9 Å². The fourth-order valence-corrected chi connectivity index (χ4v) is 8.91. The molecule has 8 atom stereocenters. The van der Waals surface area contributed by atoms with Gasteiger partial charge in [-0.05, 0) is 28.5 Å². The number of nitrogens with zero attached hydrogens (tertiary/aromatic N) is 4. The summed E-state index contributed by atoms with van der Waals surface area (Å²) >= 11 is 0. The standard InChI is InChI=1S/C28H28N5O13P3/c29-26-23-27(31-15-30-26)33(16-32-23)28-25-24(42-22(43-25)12-17-6-2-1-3-7-17)21(41-28)14-40-47(34,35)45-49(38,39)46-48(36,37)44-20-11-10-18-8-4-5-9-19(18)13-20/h1-11,13,15-16,21-22,24-25,28H,12,14H2,(H,34,35)(H,36,37)(H,38,39)(H2,29,30,31)/p-3/t21-,22?,24+,25?,28-/m1/s1. The van der Waals surface area contributed by atoms with Crippen molar-refractivity contribution < 1.29 is 60.3 Å². The number of aromatic nitrogens is 4. The average molecular weight is 732 g/mol. The lowest BCUT2D eigenvalue weighted by Crippen LogP contribution is -2.32. The summed E-state index contributed by atoms with van der Waals surface area (Å²) in [7, 11) is -17.6. The van der Waals surface area contributed by atoms with Crippen molar-refractivity contribution in [2.75, 3.05) is 12.3 Å². The summed E-state index contributed by atoms with van der Waals surface area (Å²) < 4.78 is 74.8. The molecule has 0 aliphatic carbocycles. The van der Waals surface area contributed by atoms with Gasteiger partial charge in [0.1, 0.15) is 35.9 Å². The molecule has 2 aliphatic heterocycles. The van der Waals surface area contributed by atoms with Crippen molar-refractivity contribution in [2.24, 2.45) is 0 Å². The van der Waals surface area contributed by atoms with Gasteiger partial charge in [-0.2, -0.15) is 0 Å². The van der Waals surface area contributed by atoms with E-state index in [0.717, 1.165) is 10.9 Å². The molecule has 49 heavy (non-hydrogen) atoms. The van der Waals surface area contributed by atoms with E-state index in [9.17, 15) is 28.4 Å². The van der Waals surface area contributed by atoms with Crippen LogP contribution in [0.3, 0.4) is 0 Å². The Morgan fingerprint density at radius 1 is 0.796 bits per heavy atom. The first kappa shape index (κ1) is 33.9. The van der Waals surface area contributed by atoms with Crippen LogP contribution in [0, 0.1) is 0 Å². The molecule has 3 aromatic carbocycles. The van der Waals surface area contributed by atoms with Crippen LogP contribution in [0.1, 0.15) is 11.8 Å². The van der Waals surface area contributed by atoms with Crippen molar-refractivity contribution >= 4 is 51.2 Å². The Balaban J connectivity index is 1.03. The number of fused-ring (bicyclic) bond motifs is 3. The average Bonchev–Trinajstić information content (AvgIpc) is 3.74. The van der Waals surface area contributed by atoms with Crippen molar-refractivity contribution in [1.82, 2.24) is 19.5 Å². The molecule has 18 nitrogen and oxygen atoms in total. The van der Waals surface area contributed by atoms with E-state index in [1.54, 1.807) is 24.3 Å². The largest absolute Gasteiger partial charge is 0.756 e. The molecule has 21 heteroatoms. The van der Waals surface area contributed by atoms with Crippen LogP contribution in [0.15, 0.2) is 85.5 Å². The maximum absolute atomic E-state index is 12.6. The van der Waals surface area contributed by atoms with Crippen molar-refractivity contribution in [1.29, 1.82) is 0 Å². The molecule has 0 spiro atoms. The second-order valence-electron chi connectivity index (χ2n) is 10.9. The van der Waals surface area contributed by atoms with E-state index in [4.69, 9.17) is 29.0 Å². The third-order valence-corrected chi connectivity index (χ3v) is 11.6. The van der Waals surface area contributed by atoms with Crippen LogP contribution in [0.5, 0.6) is 5.75 Å². The zero-order valence-corrected chi connectivity index (χ0v) is 27.6. The molecule has 2 aromatic heterocycles. The van der Waals surface area contributed by atoms with Gasteiger partial charge < -0.3 is 43.7 Å². The lowest BCUT2D eigenvalue weighted by molar-refractivity contribution is -0.249. The Labute approximate surface area is 277 Å². The van der Waals surface area contributed by atoms with Gasteiger partial charge in [-0.15, -0.1) is 0 Å². The Kier molecular flexibility index (Phi) is 9.17. The van der Waals surface area contributed by atoms with Gasteiger partial charge in [0.25, 0.3) is 15.6 Å². The van der Waals surface area contributed by atoms with E-state index in [0.29, 0.717) is 17.5 Å². The van der Waals surface area contributed by atoms with Crippen LogP contribution >= 0.6 is 23.5 Å². The number of phosphoric acid groups is 3. The fraction of sp³-hybridized carbons (Fsp3) is 0.250. The van der Waals surface area contributed by atoms with Crippen molar-refractivity contribution in [3.05, 3.63) is 91.0 Å². The Morgan fingerprint density at radius 3 is 2.31 bits per heavy atom. The second kappa shape index (κ2) is 13.3. The third-order valence-electron chi connectivity index (χ3n) is 7.54. The number of imidazole rings is 1. The predicted octanol–water partition coefficient (Wildman–Crippen LogP) is 2.35. The number of rotatable bonds is 12. The molecule has 7 rings (SSSR count). The van der Waals surface area contributed by atoms with Gasteiger partial charge in [0.2, 0.25) is 0 Å². The Hall–Kier alpha value is -3.60. The predicted molar refractivity (Wildman–Crippen MR) is 163 cm³/mol. The maximum Gasteiger partial charge on any atom is 0.326 e. The summed E-state index contributed by atoms with van der Waals surface area (Å²) in [5.74, 6) is -0.173. The van der Waals surface area contributed by atoms with Crippen LogP contribution in [0.25, 0.3) is 21.9 Å². The molecule has 2 aliphatic rings. The summed E-state index contributed by atoms with van der Waals surface area (Å²) in [6.45, 7) is -0.827. The number of anilines is 1. The molecule has 0 saturated carbocycles. The number of nitrogens with two attached hydrogens (primary N) is 1. The third kappa shape index (κ3) is 7.61. The summed E-state index contributed by atoms with van der Waals surface area (Å²) in [5, 5.41) is 1.33. The molecular weight excluding hydrogens is 707 g/mol. The van der Waals surface area contributed by atoms with Gasteiger partial charge in [-0.1, -0.05) is 60.7 Å². The first-order chi connectivity index (χ1) is 23.3. The second-order valence-corrected chi connectivity index (χ2v) is 15.3. The van der Waals surface area contributed by atoms with E-state index in [2.05, 4.69) is 23.6 Å². The molecule has 5 aromatic rings. The number of hydrogen-bond acceptors (Lipinski definition) is 17. The van der Waals surface area contributed by atoms with Gasteiger partial charge in [0, 0.05) is 6.42 Å². The van der Waals surface area contributed by atoms with Gasteiger partial charge in [0.05, 0.1) is 12.9 Å². The number of nitrogen functional groups attached to an aromatic ring is 1. The van der Waals surface area contributed by atoms with E-state index in [1.165, 1.54) is 35.4 Å². The molecule has 2 fully saturated rings. The van der Waals surface area contributed by atoms with Gasteiger partial charge in [-0.3, -0.25) is 18.3 Å². The van der Waals surface area contributed by atoms with Crippen LogP contribution in [-0.2, 0) is 47.5 Å². The van der Waals surface area contributed by atoms with Crippen LogP contribution in [0.2, 0.25) is 0 Å². The summed E-state index contributed by atoms with van der Waals surface area (Å²) in [4.78, 5) is 49.8. The zero-order chi connectivity index (χ0) is 34.4. The quantitative estimate of drug-likeness (QED) is 0.181. The molecule has 2 saturated heterocycles. The van der Waals surface area contributed by atoms with E-state index in [1.807, 2.05) is 30.3 Å². The highest BCUT2D eigenvalue weighted by atomic mass is 31.3. The van der Waals surface area contributed by atoms with Crippen molar-refractivity contribution in [2.45, 2.75) is 37.3 Å². The lowest BCUT2D eigenvalue weighted by atomic mass is 10.1. The van der Waals surface area contributed by atoms with E-state index in [-0.39, 0.29) is 17.1 Å². The van der Waals surface area contributed by atoms with Crippen molar-refractivity contribution in [3.8, 4) is 5.75 Å². The molecule has 258 valence electrons. The van der Waals surface area contributed by atoms with Crippen LogP contribution < -0.4 is 24.9 Å². The van der Waals surface area contributed by atoms with Gasteiger partial charge >= 0.3 is 7.82 Å². The zero-order valence-electron chi connectivity index (χ0n) is 24.9. The highest BCUT2D eigenvalue weighted by Gasteiger charge is 2.54. The smallest absolute Gasteiger partial charge is 0.326 e.